The van der Waals surface area contributed by atoms with Crippen LogP contribution in [0, 0.1) is 20.8 Å². The van der Waals surface area contributed by atoms with Crippen molar-refractivity contribution in [2.75, 3.05) is 0 Å². The van der Waals surface area contributed by atoms with Crippen LogP contribution in [0.4, 0.5) is 39.5 Å². The fourth-order valence-electron chi connectivity index (χ4n) is 8.25. The van der Waals surface area contributed by atoms with Gasteiger partial charge in [-0.25, -0.2) is 19.9 Å². The number of nitrogens with zero attached hydrogens (tertiary/aromatic N) is 11. The van der Waals surface area contributed by atoms with Gasteiger partial charge in [0.1, 0.15) is 56.0 Å². The first-order valence-corrected chi connectivity index (χ1v) is 29.3. The molecule has 0 amide bonds. The molecule has 0 bridgehead atoms. The minimum absolute atomic E-state index is 0.0119. The summed E-state index contributed by atoms with van der Waals surface area (Å²) >= 11 is 22.9. The molecule has 0 saturated carbocycles. The van der Waals surface area contributed by atoms with Gasteiger partial charge in [0.25, 0.3) is 28.8 Å². The third-order valence-electron chi connectivity index (χ3n) is 12.7. The molecule has 97 heavy (non-hydrogen) atoms. The lowest BCUT2D eigenvalue weighted by Crippen LogP contribution is -2.24. The van der Waals surface area contributed by atoms with E-state index in [4.69, 9.17) is 64.4 Å². The number of nitrogens with one attached hydrogen (secondary N) is 1. The molecule has 0 saturated heterocycles. The second kappa shape index (κ2) is 31.2. The van der Waals surface area contributed by atoms with Crippen molar-refractivity contribution in [3.63, 3.8) is 0 Å². The van der Waals surface area contributed by atoms with E-state index in [0.29, 0.717) is 55.0 Å². The Morgan fingerprint density at radius 2 is 0.856 bits per heavy atom. The zero-order valence-corrected chi connectivity index (χ0v) is 52.7. The number of rotatable bonds is 15. The molecule has 34 heteroatoms. The summed E-state index contributed by atoms with van der Waals surface area (Å²) in [5.41, 5.74) is 6.03. The fourth-order valence-corrected chi connectivity index (χ4v) is 9.01. The highest BCUT2D eigenvalue weighted by atomic mass is 35.5. The van der Waals surface area contributed by atoms with Crippen molar-refractivity contribution in [3.8, 4) is 91.9 Å². The second-order valence-electron chi connectivity index (χ2n) is 19.8. The van der Waals surface area contributed by atoms with Crippen LogP contribution in [0.15, 0.2) is 187 Å². The maximum absolute atomic E-state index is 13.1. The predicted octanol–water partition coefficient (Wildman–Crippen LogP) is 16.3. The maximum atomic E-state index is 13.1. The van der Waals surface area contributed by atoms with Crippen molar-refractivity contribution in [1.29, 1.82) is 0 Å². The number of aromatic nitrogens is 12. The first kappa shape index (κ1) is 70.6. The van der Waals surface area contributed by atoms with Crippen LogP contribution in [0.1, 0.15) is 33.8 Å². The van der Waals surface area contributed by atoms with E-state index in [-0.39, 0.29) is 93.9 Å². The summed E-state index contributed by atoms with van der Waals surface area (Å²) < 4.78 is 146. The van der Waals surface area contributed by atoms with E-state index < -0.39 is 19.1 Å². The molecule has 500 valence electrons. The van der Waals surface area contributed by atoms with E-state index in [0.717, 1.165) is 58.8 Å². The Bertz CT molecular complexity index is 4770. The van der Waals surface area contributed by atoms with Gasteiger partial charge in [-0.2, -0.15) is 0 Å². The topological polar surface area (TPSA) is 260 Å². The number of H-pyrrole nitrogens is 1. The van der Waals surface area contributed by atoms with Gasteiger partial charge in [0.2, 0.25) is 23.6 Å². The molecule has 0 aliphatic heterocycles. The third-order valence-corrected chi connectivity index (χ3v) is 13.6. The van der Waals surface area contributed by atoms with Crippen molar-refractivity contribution >= 4 is 46.4 Å². The molecule has 0 aliphatic rings. The Hall–Kier alpha value is -10.7. The minimum atomic E-state index is -4.79. The first-order chi connectivity index (χ1) is 46.1. The summed E-state index contributed by atoms with van der Waals surface area (Å²) in [5.74, 6) is 0.0649. The average Bonchev–Trinajstić information content (AvgIpc) is 1.74. The number of aryl methyl sites for hydroxylation is 3. The van der Waals surface area contributed by atoms with E-state index in [2.05, 4.69) is 69.7 Å². The fraction of sp³-hybridized carbons (Fsp3) is 0.143. The molecule has 0 radical (unpaired) electrons. The number of halogens is 13. The molecule has 0 aliphatic carbocycles. The summed E-state index contributed by atoms with van der Waals surface area (Å²) in [6, 6.07) is 35.5. The number of ether oxygens (including phenoxy) is 4. The summed E-state index contributed by atoms with van der Waals surface area (Å²) in [6.45, 7) is 5.78. The largest absolute Gasteiger partial charge is 0.573 e. The van der Waals surface area contributed by atoms with Gasteiger partial charge in [-0.05, 0) is 183 Å². The van der Waals surface area contributed by atoms with Gasteiger partial charge >= 0.3 is 19.1 Å². The van der Waals surface area contributed by atoms with Crippen LogP contribution in [-0.2, 0) is 19.0 Å². The lowest BCUT2D eigenvalue weighted by atomic mass is 10.2. The van der Waals surface area contributed by atoms with Gasteiger partial charge in [0.15, 0.2) is 0 Å². The van der Waals surface area contributed by atoms with E-state index in [1.165, 1.54) is 41.0 Å². The Kier molecular flexibility index (Phi) is 22.7. The molecule has 21 nitrogen and oxygen atoms in total. The lowest BCUT2D eigenvalue weighted by molar-refractivity contribution is -0.275. The van der Waals surface area contributed by atoms with Crippen LogP contribution in [0.5, 0.6) is 23.1 Å². The van der Waals surface area contributed by atoms with E-state index in [1.807, 2.05) is 13.0 Å². The average molecular weight is 1420 g/mol. The van der Waals surface area contributed by atoms with Crippen LogP contribution < -0.4 is 30.1 Å². The predicted molar refractivity (Wildman–Crippen MR) is 333 cm³/mol. The molecule has 1 N–H and O–H groups in total. The smallest absolute Gasteiger partial charge is 0.472 e. The Balaban J connectivity index is 0.000000161. The van der Waals surface area contributed by atoms with Gasteiger partial charge < -0.3 is 41.7 Å². The molecule has 12 aromatic rings. The van der Waals surface area contributed by atoms with E-state index in [9.17, 15) is 49.1 Å². The Morgan fingerprint density at radius 1 is 0.464 bits per heavy atom. The Labute approximate surface area is 560 Å². The van der Waals surface area contributed by atoms with Crippen molar-refractivity contribution in [2.45, 2.75) is 58.9 Å². The maximum Gasteiger partial charge on any atom is 0.573 e. The summed E-state index contributed by atoms with van der Waals surface area (Å²) in [6.07, 6.45) is -9.55. The number of hydrogen-bond donors (Lipinski definition) is 1. The molecule has 3 aromatic carbocycles. The lowest BCUT2D eigenvalue weighted by Gasteiger charge is -2.11. The number of pyridine rings is 6. The monoisotopic (exact) mass is 1420 g/mol. The van der Waals surface area contributed by atoms with Gasteiger partial charge in [-0.15, -0.1) is 81.7 Å². The SMILES string of the molecule is Cc1ccc(-c2nnc(-c3ccc(OC(F)(F)F)cc3)o2)c(=O)[nH]1.Cc1ccc(-c2nnc(-c3ccc(OC(F)(F)F)cc3)o2)c(=O)n1Cc1ccnc(Cl)c1.Cc1ccc(-c2nnc(-c3ccc(OC(F)(F)F)cc3)o2)c(OCc2ccnc(Cl)c2)n1.ClCc1ccnc(Cl)c1. The van der Waals surface area contributed by atoms with Crippen molar-refractivity contribution in [3.05, 3.63) is 234 Å². The van der Waals surface area contributed by atoms with Crippen LogP contribution >= 0.6 is 46.4 Å². The number of aromatic amines is 1. The van der Waals surface area contributed by atoms with Crippen molar-refractivity contribution in [2.24, 2.45) is 0 Å². The zero-order valence-electron chi connectivity index (χ0n) is 49.7. The molecule has 0 unspecified atom stereocenters. The minimum Gasteiger partial charge on any atom is -0.472 e. The number of alkyl halides is 10. The summed E-state index contributed by atoms with van der Waals surface area (Å²) in [7, 11) is 0. The van der Waals surface area contributed by atoms with Crippen LogP contribution in [-0.4, -0.2) is 79.2 Å². The van der Waals surface area contributed by atoms with Crippen LogP contribution in [0.25, 0.3) is 68.7 Å². The van der Waals surface area contributed by atoms with Gasteiger partial charge in [-0.3, -0.25) is 9.59 Å². The molecule has 9 heterocycles. The highest BCUT2D eigenvalue weighted by molar-refractivity contribution is 6.30. The second-order valence-corrected chi connectivity index (χ2v) is 21.2. The highest BCUT2D eigenvalue weighted by Gasteiger charge is 2.33. The van der Waals surface area contributed by atoms with E-state index >= 15 is 0 Å². The molecule has 12 rings (SSSR count). The van der Waals surface area contributed by atoms with Crippen LogP contribution in [0.3, 0.4) is 0 Å². The van der Waals surface area contributed by atoms with Gasteiger partial charge in [0, 0.05) is 58.2 Å². The zero-order chi connectivity index (χ0) is 69.6. The number of benzene rings is 3. The first-order valence-electron chi connectivity index (χ1n) is 27.6. The summed E-state index contributed by atoms with van der Waals surface area (Å²) in [4.78, 5) is 43.6. The molecular formula is C63H43Cl4F9N12O9. The van der Waals surface area contributed by atoms with Crippen LogP contribution in [0.2, 0.25) is 15.5 Å². The normalized spacial score (nSPS) is 11.3. The molecular weight excluding hydrogens is 1380 g/mol. The van der Waals surface area contributed by atoms with E-state index in [1.54, 1.807) is 99.2 Å². The Morgan fingerprint density at radius 3 is 1.29 bits per heavy atom. The van der Waals surface area contributed by atoms with Gasteiger partial charge in [0.05, 0.1) is 6.54 Å². The number of hydrogen-bond acceptors (Lipinski definition) is 19. The molecule has 0 spiro atoms. The molecule has 9 aromatic heterocycles. The summed E-state index contributed by atoms with van der Waals surface area (Å²) in [5, 5.41) is 24.6. The highest BCUT2D eigenvalue weighted by Crippen LogP contribution is 2.34. The van der Waals surface area contributed by atoms with Crippen molar-refractivity contribution < 1.29 is 71.7 Å². The quantitative estimate of drug-likeness (QED) is 0.0568. The van der Waals surface area contributed by atoms with Gasteiger partial charge in [-0.1, -0.05) is 34.8 Å². The van der Waals surface area contributed by atoms with Crippen molar-refractivity contribution in [1.82, 2.24) is 60.1 Å². The molecule has 0 fully saturated rings. The standard InChI is InChI=1S/2C21H14ClF3N4O3.C15H10F3N3O3.C6H5Cl2N/c1-12-2-7-16(20(30)29(12)11-13-8-9-26-17(22)10-13)19-28-27-18(31-19)14-3-5-15(6-4-14)32-21(23,24)25;1-12-2-7-16(19(27-12)30-11-13-8-9-26-17(22)10-13)20-29-28-18(31-20)14-3-5-15(6-4-14)32-21(23,24)25;1-8-2-7-11(12(22)19-8)14-21-20-13(23-14)9-3-5-10(6-4-9)24-15(16,17)18;7-4-5-1-2-9-6(8)3-5/h2*2-10H,11H2,1H3;2-7H,1H3,(H,19,22);1-3H,4H2. The third kappa shape index (κ3) is 20.7. The molecule has 0 atom stereocenters.